The first-order valence-electron chi connectivity index (χ1n) is 7.64. The standard InChI is InChI=1S/C15H31NO2.Na/c1-3-4-5-6-7-8-9-10-11-12-13-16-14(2)15(17)18;/h14,16H,3-13H2,1-2H3,(H,17,18);/t14-;/m0./s1. The largest absolute Gasteiger partial charge is 0.480 e. The molecule has 1 radical (unpaired) electrons. The summed E-state index contributed by atoms with van der Waals surface area (Å²) in [6.07, 6.45) is 13.2. The fourth-order valence-electron chi connectivity index (χ4n) is 2.02. The minimum atomic E-state index is -0.762. The number of nitrogens with one attached hydrogen (secondary N) is 1. The van der Waals surface area contributed by atoms with Gasteiger partial charge in [0.1, 0.15) is 6.04 Å². The van der Waals surface area contributed by atoms with Crippen LogP contribution in [-0.4, -0.2) is 53.2 Å². The normalized spacial score (nSPS) is 11.9. The topological polar surface area (TPSA) is 49.3 Å². The molecule has 0 rings (SSSR count). The van der Waals surface area contributed by atoms with E-state index in [1.807, 2.05) is 0 Å². The van der Waals surface area contributed by atoms with Crippen LogP contribution in [-0.2, 0) is 4.79 Å². The van der Waals surface area contributed by atoms with E-state index in [9.17, 15) is 4.79 Å². The molecule has 0 unspecified atom stereocenters. The molecule has 0 spiro atoms. The first kappa shape index (κ1) is 21.7. The molecule has 0 amide bonds. The molecule has 0 aliphatic carbocycles. The number of unbranched alkanes of at least 4 members (excludes halogenated alkanes) is 9. The van der Waals surface area contributed by atoms with E-state index in [2.05, 4.69) is 12.2 Å². The van der Waals surface area contributed by atoms with Crippen molar-refractivity contribution in [3.63, 3.8) is 0 Å². The maximum atomic E-state index is 10.5. The number of carboxylic acid groups (broad SMARTS) is 1. The Kier molecular flexibility index (Phi) is 18.8. The zero-order chi connectivity index (χ0) is 13.6. The fourth-order valence-corrected chi connectivity index (χ4v) is 2.02. The Hall–Kier alpha value is 0.430. The zero-order valence-corrected chi connectivity index (χ0v) is 15.2. The number of aliphatic carboxylic acids is 1. The van der Waals surface area contributed by atoms with Crippen LogP contribution in [0.5, 0.6) is 0 Å². The van der Waals surface area contributed by atoms with E-state index in [0.29, 0.717) is 0 Å². The van der Waals surface area contributed by atoms with Crippen molar-refractivity contribution in [1.82, 2.24) is 5.32 Å². The van der Waals surface area contributed by atoms with Gasteiger partial charge in [-0.15, -0.1) is 0 Å². The molecule has 1 atom stereocenters. The van der Waals surface area contributed by atoms with Crippen LogP contribution in [0.25, 0.3) is 0 Å². The van der Waals surface area contributed by atoms with Gasteiger partial charge in [0, 0.05) is 29.6 Å². The van der Waals surface area contributed by atoms with Crippen LogP contribution in [0.2, 0.25) is 0 Å². The molecular formula is C15H31NNaO2. The second kappa shape index (κ2) is 16.5. The van der Waals surface area contributed by atoms with Gasteiger partial charge in [0.2, 0.25) is 0 Å². The SMILES string of the molecule is CCCCCCCCCCCCN[C@@H](C)C(=O)O.[Na]. The van der Waals surface area contributed by atoms with Crippen LogP contribution in [0, 0.1) is 0 Å². The van der Waals surface area contributed by atoms with Crippen molar-refractivity contribution in [2.75, 3.05) is 6.54 Å². The Morgan fingerprint density at radius 1 is 0.947 bits per heavy atom. The quantitative estimate of drug-likeness (QED) is 0.400. The molecule has 0 aliphatic rings. The average molecular weight is 280 g/mol. The van der Waals surface area contributed by atoms with Crippen LogP contribution < -0.4 is 5.32 Å². The monoisotopic (exact) mass is 280 g/mol. The summed E-state index contributed by atoms with van der Waals surface area (Å²) in [6.45, 7) is 4.77. The van der Waals surface area contributed by atoms with Gasteiger partial charge >= 0.3 is 5.97 Å². The molecule has 0 fully saturated rings. The van der Waals surface area contributed by atoms with Crippen LogP contribution in [0.1, 0.15) is 78.1 Å². The summed E-state index contributed by atoms with van der Waals surface area (Å²) in [5.41, 5.74) is 0. The van der Waals surface area contributed by atoms with Gasteiger partial charge < -0.3 is 10.4 Å². The summed E-state index contributed by atoms with van der Waals surface area (Å²) < 4.78 is 0. The molecule has 0 aromatic carbocycles. The van der Waals surface area contributed by atoms with E-state index in [1.165, 1.54) is 57.8 Å². The van der Waals surface area contributed by atoms with E-state index in [1.54, 1.807) is 6.92 Å². The van der Waals surface area contributed by atoms with Gasteiger partial charge in [0.25, 0.3) is 0 Å². The molecule has 0 heterocycles. The summed E-state index contributed by atoms with van der Waals surface area (Å²) in [5.74, 6) is -0.762. The van der Waals surface area contributed by atoms with Crippen LogP contribution >= 0.6 is 0 Å². The molecular weight excluding hydrogens is 249 g/mol. The molecule has 0 aromatic heterocycles. The number of rotatable bonds is 13. The van der Waals surface area contributed by atoms with Crippen molar-refractivity contribution < 1.29 is 9.90 Å². The summed E-state index contributed by atoms with van der Waals surface area (Å²) >= 11 is 0. The Balaban J connectivity index is 0. The molecule has 19 heavy (non-hydrogen) atoms. The van der Waals surface area contributed by atoms with Gasteiger partial charge in [-0.25, -0.2) is 0 Å². The molecule has 0 bridgehead atoms. The van der Waals surface area contributed by atoms with Gasteiger partial charge in [0.15, 0.2) is 0 Å². The van der Waals surface area contributed by atoms with Crippen molar-refractivity contribution in [3.05, 3.63) is 0 Å². The van der Waals surface area contributed by atoms with Crippen molar-refractivity contribution in [2.45, 2.75) is 84.1 Å². The van der Waals surface area contributed by atoms with Crippen LogP contribution in [0.15, 0.2) is 0 Å². The van der Waals surface area contributed by atoms with Gasteiger partial charge in [-0.2, -0.15) is 0 Å². The van der Waals surface area contributed by atoms with Crippen LogP contribution in [0.3, 0.4) is 0 Å². The molecule has 0 saturated carbocycles. The Labute approximate surface area is 141 Å². The van der Waals surface area contributed by atoms with Crippen molar-refractivity contribution >= 4 is 35.5 Å². The smallest absolute Gasteiger partial charge is 0.320 e. The van der Waals surface area contributed by atoms with Crippen molar-refractivity contribution in [3.8, 4) is 0 Å². The summed E-state index contributed by atoms with van der Waals surface area (Å²) in [6, 6.07) is -0.413. The second-order valence-electron chi connectivity index (χ2n) is 5.20. The van der Waals surface area contributed by atoms with E-state index < -0.39 is 12.0 Å². The van der Waals surface area contributed by atoms with E-state index in [4.69, 9.17) is 5.11 Å². The third kappa shape index (κ3) is 16.4. The first-order chi connectivity index (χ1) is 8.68. The summed E-state index contributed by atoms with van der Waals surface area (Å²) in [5, 5.41) is 11.7. The van der Waals surface area contributed by atoms with Gasteiger partial charge in [-0.1, -0.05) is 64.7 Å². The average Bonchev–Trinajstić information content (AvgIpc) is 2.35. The molecule has 2 N–H and O–H groups in total. The fraction of sp³-hybridized carbons (Fsp3) is 0.933. The van der Waals surface area contributed by atoms with E-state index in [0.717, 1.165) is 13.0 Å². The van der Waals surface area contributed by atoms with E-state index in [-0.39, 0.29) is 29.6 Å². The third-order valence-electron chi connectivity index (χ3n) is 3.35. The van der Waals surface area contributed by atoms with Gasteiger partial charge in [0.05, 0.1) is 0 Å². The van der Waals surface area contributed by atoms with Crippen molar-refractivity contribution in [1.29, 1.82) is 0 Å². The minimum absolute atomic E-state index is 0. The van der Waals surface area contributed by atoms with Crippen LogP contribution in [0.4, 0.5) is 0 Å². The minimum Gasteiger partial charge on any atom is -0.480 e. The summed E-state index contributed by atoms with van der Waals surface area (Å²) in [4.78, 5) is 10.5. The molecule has 0 aliphatic heterocycles. The first-order valence-corrected chi connectivity index (χ1v) is 7.64. The predicted octanol–water partition coefficient (Wildman–Crippen LogP) is 3.59. The molecule has 0 saturated heterocycles. The van der Waals surface area contributed by atoms with Crippen molar-refractivity contribution in [2.24, 2.45) is 0 Å². The second-order valence-corrected chi connectivity index (χ2v) is 5.20. The molecule has 4 heteroatoms. The number of hydrogen-bond acceptors (Lipinski definition) is 2. The Morgan fingerprint density at radius 3 is 1.79 bits per heavy atom. The number of carbonyl (C=O) groups is 1. The molecule has 109 valence electrons. The Bertz CT molecular complexity index is 201. The zero-order valence-electron chi connectivity index (χ0n) is 13.2. The maximum Gasteiger partial charge on any atom is 0.320 e. The maximum absolute atomic E-state index is 10.5. The Morgan fingerprint density at radius 2 is 1.37 bits per heavy atom. The van der Waals surface area contributed by atoms with E-state index >= 15 is 0 Å². The molecule has 3 nitrogen and oxygen atoms in total. The third-order valence-corrected chi connectivity index (χ3v) is 3.35. The van der Waals surface area contributed by atoms with Gasteiger partial charge in [-0.05, 0) is 19.9 Å². The summed E-state index contributed by atoms with van der Waals surface area (Å²) in [7, 11) is 0. The number of hydrogen-bond donors (Lipinski definition) is 2. The number of carboxylic acids is 1. The van der Waals surface area contributed by atoms with Gasteiger partial charge in [-0.3, -0.25) is 4.79 Å². The predicted molar refractivity (Wildman–Crippen MR) is 82.7 cm³/mol. The molecule has 0 aromatic rings.